The van der Waals surface area contributed by atoms with Gasteiger partial charge in [0.05, 0.1) is 5.56 Å². The minimum absolute atomic E-state index is 0.104. The summed E-state index contributed by atoms with van der Waals surface area (Å²) in [5.41, 5.74) is -0.276. The highest BCUT2D eigenvalue weighted by atomic mass is 19.1. The number of carboxylic acids is 1. The second kappa shape index (κ2) is 3.35. The van der Waals surface area contributed by atoms with Crippen LogP contribution in [0.1, 0.15) is 27.6 Å². The lowest BCUT2D eigenvalue weighted by atomic mass is 10.0. The van der Waals surface area contributed by atoms with Gasteiger partial charge in [-0.1, -0.05) is 0 Å². The summed E-state index contributed by atoms with van der Waals surface area (Å²) in [7, 11) is 0. The number of rotatable bonds is 2. The summed E-state index contributed by atoms with van der Waals surface area (Å²) in [4.78, 5) is 21.5. The number of aromatic carboxylic acids is 1. The number of Topliss-reactive ketones (excluding diaryl/α,β-unsaturated/α-hetero) is 1. The fraction of sp³-hybridized carbons (Fsp3) is 0.111. The second-order valence-electron chi connectivity index (χ2n) is 2.55. The van der Waals surface area contributed by atoms with Crippen LogP contribution >= 0.6 is 0 Å². The number of benzene rings is 1. The van der Waals surface area contributed by atoms with E-state index in [1.165, 1.54) is 6.92 Å². The normalized spacial score (nSPS) is 9.69. The Kier molecular flexibility index (Phi) is 2.41. The molecule has 0 amide bonds. The van der Waals surface area contributed by atoms with Gasteiger partial charge in [0.2, 0.25) is 0 Å². The number of ketones is 1. The van der Waals surface area contributed by atoms with Crippen LogP contribution in [0.15, 0.2) is 18.2 Å². The SMILES string of the molecule is CC(=O)c1cc(F)ccc1C(=O)O. The second-order valence-corrected chi connectivity index (χ2v) is 2.55. The standard InChI is InChI=1S/C9H7FO3/c1-5(11)8-4-6(10)2-3-7(8)9(12)13/h2-4H,1H3,(H,12,13). The predicted octanol–water partition coefficient (Wildman–Crippen LogP) is 1.73. The van der Waals surface area contributed by atoms with E-state index in [1.807, 2.05) is 0 Å². The van der Waals surface area contributed by atoms with Crippen molar-refractivity contribution in [2.24, 2.45) is 0 Å². The molecule has 0 fully saturated rings. The van der Waals surface area contributed by atoms with Crippen molar-refractivity contribution in [2.45, 2.75) is 6.92 Å². The number of hydrogen-bond donors (Lipinski definition) is 1. The van der Waals surface area contributed by atoms with Crippen LogP contribution in [-0.2, 0) is 0 Å². The van der Waals surface area contributed by atoms with Gasteiger partial charge in [0.25, 0.3) is 0 Å². The van der Waals surface area contributed by atoms with Crippen LogP contribution in [0.2, 0.25) is 0 Å². The largest absolute Gasteiger partial charge is 0.478 e. The van der Waals surface area contributed by atoms with Crippen molar-refractivity contribution in [1.29, 1.82) is 0 Å². The maximum atomic E-state index is 12.6. The van der Waals surface area contributed by atoms with Crippen LogP contribution in [0.3, 0.4) is 0 Å². The van der Waals surface area contributed by atoms with Gasteiger partial charge in [-0.15, -0.1) is 0 Å². The Bertz CT molecular complexity index is 371. The van der Waals surface area contributed by atoms with Crippen LogP contribution in [0.5, 0.6) is 0 Å². The lowest BCUT2D eigenvalue weighted by Gasteiger charge is -2.01. The van der Waals surface area contributed by atoms with Crippen molar-refractivity contribution < 1.29 is 19.1 Å². The van der Waals surface area contributed by atoms with Crippen LogP contribution in [0.25, 0.3) is 0 Å². The quantitative estimate of drug-likeness (QED) is 0.708. The average molecular weight is 182 g/mol. The molecular weight excluding hydrogens is 175 g/mol. The Morgan fingerprint density at radius 2 is 1.92 bits per heavy atom. The number of hydrogen-bond acceptors (Lipinski definition) is 2. The molecule has 1 rings (SSSR count). The molecule has 13 heavy (non-hydrogen) atoms. The topological polar surface area (TPSA) is 54.4 Å². The van der Waals surface area contributed by atoms with Crippen LogP contribution in [0.4, 0.5) is 4.39 Å². The summed E-state index contributed by atoms with van der Waals surface area (Å²) in [6.07, 6.45) is 0. The Balaban J connectivity index is 3.35. The highest BCUT2D eigenvalue weighted by Crippen LogP contribution is 2.11. The van der Waals surface area contributed by atoms with Gasteiger partial charge in [0.1, 0.15) is 5.82 Å². The van der Waals surface area contributed by atoms with E-state index in [0.717, 1.165) is 18.2 Å². The molecule has 0 spiro atoms. The van der Waals surface area contributed by atoms with E-state index in [0.29, 0.717) is 0 Å². The third-order valence-electron chi connectivity index (χ3n) is 1.59. The summed E-state index contributed by atoms with van der Waals surface area (Å²) in [5.74, 6) is -2.31. The monoisotopic (exact) mass is 182 g/mol. The van der Waals surface area contributed by atoms with Crippen molar-refractivity contribution in [2.75, 3.05) is 0 Å². The molecule has 0 atom stereocenters. The fourth-order valence-electron chi connectivity index (χ4n) is 0.994. The van der Waals surface area contributed by atoms with E-state index in [9.17, 15) is 14.0 Å². The van der Waals surface area contributed by atoms with Gasteiger partial charge in [-0.05, 0) is 25.1 Å². The lowest BCUT2D eigenvalue weighted by Crippen LogP contribution is -2.06. The molecule has 1 aromatic rings. The Labute approximate surface area is 73.8 Å². The summed E-state index contributed by atoms with van der Waals surface area (Å²) >= 11 is 0. The molecule has 0 aliphatic heterocycles. The Hall–Kier alpha value is -1.71. The van der Waals surface area contributed by atoms with Crippen LogP contribution in [-0.4, -0.2) is 16.9 Å². The molecule has 4 heteroatoms. The minimum atomic E-state index is -1.23. The molecule has 0 saturated carbocycles. The van der Waals surface area contributed by atoms with Gasteiger partial charge in [-0.25, -0.2) is 9.18 Å². The first-order valence-electron chi connectivity index (χ1n) is 3.56. The Morgan fingerprint density at radius 3 is 2.38 bits per heavy atom. The first-order valence-corrected chi connectivity index (χ1v) is 3.56. The van der Waals surface area contributed by atoms with E-state index in [-0.39, 0.29) is 11.1 Å². The van der Waals surface area contributed by atoms with E-state index < -0.39 is 17.6 Å². The third-order valence-corrected chi connectivity index (χ3v) is 1.59. The molecule has 3 nitrogen and oxygen atoms in total. The summed E-state index contributed by atoms with van der Waals surface area (Å²) in [6, 6.07) is 3.01. The van der Waals surface area contributed by atoms with Gasteiger partial charge in [-0.3, -0.25) is 4.79 Å². The zero-order valence-electron chi connectivity index (χ0n) is 6.87. The van der Waals surface area contributed by atoms with Crippen LogP contribution < -0.4 is 0 Å². The number of halogens is 1. The molecule has 0 aliphatic carbocycles. The zero-order chi connectivity index (χ0) is 10.0. The van der Waals surface area contributed by atoms with Crippen molar-refractivity contribution in [3.8, 4) is 0 Å². The summed E-state index contributed by atoms with van der Waals surface area (Å²) in [6.45, 7) is 1.20. The number of carbonyl (C=O) groups excluding carboxylic acids is 1. The molecule has 1 aromatic carbocycles. The van der Waals surface area contributed by atoms with Gasteiger partial charge in [0, 0.05) is 5.56 Å². The molecule has 1 N–H and O–H groups in total. The molecule has 0 heterocycles. The van der Waals surface area contributed by atoms with E-state index in [4.69, 9.17) is 5.11 Å². The average Bonchev–Trinajstić information content (AvgIpc) is 2.03. The van der Waals surface area contributed by atoms with Crippen LogP contribution in [0, 0.1) is 5.82 Å². The smallest absolute Gasteiger partial charge is 0.336 e. The summed E-state index contributed by atoms with van der Waals surface area (Å²) in [5, 5.41) is 8.63. The van der Waals surface area contributed by atoms with E-state index in [2.05, 4.69) is 0 Å². The molecular formula is C9H7FO3. The minimum Gasteiger partial charge on any atom is -0.478 e. The fourth-order valence-corrected chi connectivity index (χ4v) is 0.994. The number of carboxylic acid groups (broad SMARTS) is 1. The molecule has 0 saturated heterocycles. The van der Waals surface area contributed by atoms with E-state index in [1.54, 1.807) is 0 Å². The first kappa shape index (κ1) is 9.38. The maximum absolute atomic E-state index is 12.6. The van der Waals surface area contributed by atoms with Gasteiger partial charge >= 0.3 is 5.97 Å². The van der Waals surface area contributed by atoms with Crippen molar-refractivity contribution in [1.82, 2.24) is 0 Å². The Morgan fingerprint density at radius 1 is 1.31 bits per heavy atom. The molecule has 0 radical (unpaired) electrons. The molecule has 0 unspecified atom stereocenters. The van der Waals surface area contributed by atoms with Crippen molar-refractivity contribution in [3.05, 3.63) is 35.1 Å². The third kappa shape index (κ3) is 1.90. The molecule has 0 aromatic heterocycles. The predicted molar refractivity (Wildman–Crippen MR) is 43.4 cm³/mol. The van der Waals surface area contributed by atoms with E-state index >= 15 is 0 Å². The number of carbonyl (C=O) groups is 2. The van der Waals surface area contributed by atoms with Gasteiger partial charge < -0.3 is 5.11 Å². The van der Waals surface area contributed by atoms with Gasteiger partial charge in [-0.2, -0.15) is 0 Å². The highest BCUT2D eigenvalue weighted by molar-refractivity contribution is 6.04. The maximum Gasteiger partial charge on any atom is 0.336 e. The lowest BCUT2D eigenvalue weighted by molar-refractivity contribution is 0.0692. The van der Waals surface area contributed by atoms with Crippen molar-refractivity contribution in [3.63, 3.8) is 0 Å². The van der Waals surface area contributed by atoms with Gasteiger partial charge in [0.15, 0.2) is 5.78 Å². The summed E-state index contributed by atoms with van der Waals surface area (Å²) < 4.78 is 12.6. The first-order chi connectivity index (χ1) is 6.02. The molecule has 0 aliphatic rings. The molecule has 0 bridgehead atoms. The highest BCUT2D eigenvalue weighted by Gasteiger charge is 2.13. The zero-order valence-corrected chi connectivity index (χ0v) is 6.87. The van der Waals surface area contributed by atoms with Crippen molar-refractivity contribution >= 4 is 11.8 Å². The molecule has 68 valence electrons.